The molecule has 0 spiro atoms. The Hall–Kier alpha value is -1.12. The van der Waals surface area contributed by atoms with Gasteiger partial charge in [-0.15, -0.1) is 0 Å². The number of ether oxygens (including phenoxy) is 1. The fraction of sp³-hybridized carbons (Fsp3) is 0.294. The minimum atomic E-state index is -3.60. The second-order valence-corrected chi connectivity index (χ2v) is 8.38. The third kappa shape index (κ3) is 4.24. The van der Waals surface area contributed by atoms with E-state index in [1.165, 1.54) is 0 Å². The van der Waals surface area contributed by atoms with Crippen molar-refractivity contribution in [3.8, 4) is 5.75 Å². The predicted octanol–water partition coefficient (Wildman–Crippen LogP) is 3.96. The van der Waals surface area contributed by atoms with Gasteiger partial charge in [0.05, 0.1) is 15.6 Å². The highest BCUT2D eigenvalue weighted by molar-refractivity contribution is 14.1. The van der Waals surface area contributed by atoms with Crippen molar-refractivity contribution >= 4 is 32.6 Å². The van der Waals surface area contributed by atoms with Gasteiger partial charge in [0.25, 0.3) is 0 Å². The molecule has 1 N–H and O–H groups in total. The highest BCUT2D eigenvalue weighted by atomic mass is 127. The minimum Gasteiger partial charge on any atom is -0.496 e. The lowest BCUT2D eigenvalue weighted by atomic mass is 10.0. The Morgan fingerprint density at radius 3 is 2.43 bits per heavy atom. The van der Waals surface area contributed by atoms with Crippen molar-refractivity contribution in [1.29, 1.82) is 0 Å². The van der Waals surface area contributed by atoms with Crippen LogP contribution in [0.4, 0.5) is 0 Å². The van der Waals surface area contributed by atoms with Crippen LogP contribution >= 0.6 is 22.6 Å². The molecule has 2 rings (SSSR count). The molecule has 1 unspecified atom stereocenters. The molecule has 0 aliphatic rings. The first-order valence-electron chi connectivity index (χ1n) is 7.17. The van der Waals surface area contributed by atoms with E-state index in [-0.39, 0.29) is 10.9 Å². The van der Waals surface area contributed by atoms with Crippen molar-refractivity contribution in [2.24, 2.45) is 0 Å². The van der Waals surface area contributed by atoms with Crippen molar-refractivity contribution in [3.63, 3.8) is 0 Å². The molecule has 0 heterocycles. The summed E-state index contributed by atoms with van der Waals surface area (Å²) < 4.78 is 33.9. The Bertz CT molecular complexity index is 819. The average Bonchev–Trinajstić information content (AvgIpc) is 2.49. The van der Waals surface area contributed by atoms with Crippen LogP contribution in [0.2, 0.25) is 0 Å². The van der Waals surface area contributed by atoms with E-state index < -0.39 is 10.0 Å². The van der Waals surface area contributed by atoms with Gasteiger partial charge in [-0.05, 0) is 72.7 Å². The molecular formula is C17H20INO3S. The molecule has 124 valence electrons. The van der Waals surface area contributed by atoms with Gasteiger partial charge in [0, 0.05) is 6.04 Å². The summed E-state index contributed by atoms with van der Waals surface area (Å²) >= 11 is 2.06. The van der Waals surface area contributed by atoms with Crippen LogP contribution < -0.4 is 9.46 Å². The maximum Gasteiger partial charge on any atom is 0.241 e. The number of benzene rings is 2. The van der Waals surface area contributed by atoms with Crippen molar-refractivity contribution in [2.45, 2.75) is 31.7 Å². The van der Waals surface area contributed by atoms with E-state index in [1.54, 1.807) is 25.3 Å². The SMILES string of the molecule is COc1ccc(S(=O)(=O)NC(C)c2cc(C)ccc2C)cc1I. The van der Waals surface area contributed by atoms with Gasteiger partial charge in [-0.3, -0.25) is 0 Å². The van der Waals surface area contributed by atoms with Crippen LogP contribution in [-0.2, 0) is 10.0 Å². The van der Waals surface area contributed by atoms with Gasteiger partial charge in [0.15, 0.2) is 0 Å². The average molecular weight is 445 g/mol. The number of sulfonamides is 1. The highest BCUT2D eigenvalue weighted by Gasteiger charge is 2.20. The molecule has 23 heavy (non-hydrogen) atoms. The predicted molar refractivity (Wildman–Crippen MR) is 100 cm³/mol. The first-order chi connectivity index (χ1) is 10.7. The molecule has 0 fully saturated rings. The molecule has 0 bridgehead atoms. The van der Waals surface area contributed by atoms with E-state index in [2.05, 4.69) is 27.3 Å². The van der Waals surface area contributed by atoms with Crippen molar-refractivity contribution in [1.82, 2.24) is 4.72 Å². The molecule has 4 nitrogen and oxygen atoms in total. The summed E-state index contributed by atoms with van der Waals surface area (Å²) in [6.45, 7) is 5.83. The molecule has 2 aromatic carbocycles. The first kappa shape index (κ1) is 18.2. The fourth-order valence-corrected chi connectivity index (χ4v) is 4.60. The zero-order chi connectivity index (χ0) is 17.2. The summed E-state index contributed by atoms with van der Waals surface area (Å²) in [7, 11) is -2.03. The topological polar surface area (TPSA) is 55.4 Å². The molecule has 0 saturated heterocycles. The van der Waals surface area contributed by atoms with Crippen LogP contribution in [0.5, 0.6) is 5.75 Å². The van der Waals surface area contributed by atoms with Gasteiger partial charge in [0.1, 0.15) is 5.75 Å². The molecule has 0 saturated carbocycles. The van der Waals surface area contributed by atoms with Crippen LogP contribution in [0.15, 0.2) is 41.3 Å². The Morgan fingerprint density at radius 2 is 1.83 bits per heavy atom. The Kier molecular flexibility index (Phi) is 5.70. The van der Waals surface area contributed by atoms with Gasteiger partial charge in [-0.2, -0.15) is 0 Å². The molecule has 0 aliphatic heterocycles. The van der Waals surface area contributed by atoms with Crippen LogP contribution in [0.3, 0.4) is 0 Å². The maximum absolute atomic E-state index is 12.6. The summed E-state index contributed by atoms with van der Waals surface area (Å²) in [6.07, 6.45) is 0. The van der Waals surface area contributed by atoms with Crippen molar-refractivity contribution in [2.75, 3.05) is 7.11 Å². The number of methoxy groups -OCH3 is 1. The van der Waals surface area contributed by atoms with Gasteiger partial charge >= 0.3 is 0 Å². The number of hydrogen-bond donors (Lipinski definition) is 1. The molecule has 0 aromatic heterocycles. The zero-order valence-corrected chi connectivity index (χ0v) is 16.5. The summed E-state index contributed by atoms with van der Waals surface area (Å²) in [5.41, 5.74) is 3.16. The van der Waals surface area contributed by atoms with Gasteiger partial charge in [-0.1, -0.05) is 23.8 Å². The summed E-state index contributed by atoms with van der Waals surface area (Å²) in [5, 5.41) is 0. The van der Waals surface area contributed by atoms with Crippen LogP contribution in [0.1, 0.15) is 29.7 Å². The van der Waals surface area contributed by atoms with E-state index >= 15 is 0 Å². The number of aryl methyl sites for hydroxylation is 2. The largest absolute Gasteiger partial charge is 0.496 e. The zero-order valence-electron chi connectivity index (χ0n) is 13.6. The van der Waals surface area contributed by atoms with E-state index in [0.717, 1.165) is 20.3 Å². The maximum atomic E-state index is 12.6. The summed E-state index contributed by atoms with van der Waals surface area (Å²) in [6, 6.07) is 10.6. The lowest BCUT2D eigenvalue weighted by Crippen LogP contribution is -2.27. The van der Waals surface area contributed by atoms with E-state index in [9.17, 15) is 8.42 Å². The lowest BCUT2D eigenvalue weighted by Gasteiger charge is -2.18. The van der Waals surface area contributed by atoms with Crippen LogP contribution in [0, 0.1) is 17.4 Å². The van der Waals surface area contributed by atoms with Crippen LogP contribution in [0.25, 0.3) is 0 Å². The Balaban J connectivity index is 2.30. The molecule has 1 atom stereocenters. The van der Waals surface area contributed by atoms with E-state index in [1.807, 2.05) is 39.0 Å². The van der Waals surface area contributed by atoms with E-state index in [4.69, 9.17) is 4.74 Å². The Morgan fingerprint density at radius 1 is 1.13 bits per heavy atom. The van der Waals surface area contributed by atoms with Gasteiger partial charge < -0.3 is 4.74 Å². The van der Waals surface area contributed by atoms with Crippen molar-refractivity contribution in [3.05, 3.63) is 56.7 Å². The molecule has 0 aliphatic carbocycles. The fourth-order valence-electron chi connectivity index (χ4n) is 2.40. The molecule has 6 heteroatoms. The monoisotopic (exact) mass is 445 g/mol. The molecule has 2 aromatic rings. The number of rotatable bonds is 5. The summed E-state index contributed by atoms with van der Waals surface area (Å²) in [4.78, 5) is 0.236. The second-order valence-electron chi connectivity index (χ2n) is 5.50. The van der Waals surface area contributed by atoms with E-state index in [0.29, 0.717) is 5.75 Å². The molecule has 0 amide bonds. The first-order valence-corrected chi connectivity index (χ1v) is 9.74. The van der Waals surface area contributed by atoms with Gasteiger partial charge in [-0.25, -0.2) is 13.1 Å². The highest BCUT2D eigenvalue weighted by Crippen LogP contribution is 2.26. The normalized spacial score (nSPS) is 12.9. The standard InChI is InChI=1S/C17H20INO3S/c1-11-5-6-12(2)15(9-11)13(3)19-23(20,21)14-7-8-17(22-4)16(18)10-14/h5-10,13,19H,1-4H3. The molecule has 0 radical (unpaired) electrons. The smallest absolute Gasteiger partial charge is 0.241 e. The number of nitrogens with one attached hydrogen (secondary N) is 1. The number of hydrogen-bond acceptors (Lipinski definition) is 3. The Labute approximate surface area is 151 Å². The van der Waals surface area contributed by atoms with Crippen LogP contribution in [-0.4, -0.2) is 15.5 Å². The minimum absolute atomic E-state index is 0.236. The number of halogens is 1. The lowest BCUT2D eigenvalue weighted by molar-refractivity contribution is 0.411. The quantitative estimate of drug-likeness (QED) is 0.710. The second kappa shape index (κ2) is 7.19. The van der Waals surface area contributed by atoms with Crippen molar-refractivity contribution < 1.29 is 13.2 Å². The van der Waals surface area contributed by atoms with Gasteiger partial charge in [0.2, 0.25) is 10.0 Å². The third-order valence-corrected chi connectivity index (χ3v) is 6.05. The molecular weight excluding hydrogens is 425 g/mol. The third-order valence-electron chi connectivity index (χ3n) is 3.67. The summed E-state index contributed by atoms with van der Waals surface area (Å²) in [5.74, 6) is 0.659.